The number of amides is 2. The molecule has 33 heavy (non-hydrogen) atoms. The summed E-state index contributed by atoms with van der Waals surface area (Å²) in [6, 6.07) is 21.1. The van der Waals surface area contributed by atoms with Crippen LogP contribution in [0.3, 0.4) is 0 Å². The van der Waals surface area contributed by atoms with Crippen LogP contribution in [0.4, 0.5) is 0 Å². The van der Waals surface area contributed by atoms with E-state index in [1.807, 2.05) is 46.5 Å². The zero-order valence-electron chi connectivity index (χ0n) is 18.1. The number of aromatic nitrogens is 2. The molecule has 2 aromatic carbocycles. The predicted molar refractivity (Wildman–Crippen MR) is 129 cm³/mol. The average molecular weight is 457 g/mol. The third-order valence-electron chi connectivity index (χ3n) is 5.84. The minimum Gasteiger partial charge on any atom is -0.347 e. The van der Waals surface area contributed by atoms with Crippen LogP contribution in [0, 0.1) is 0 Å². The number of carbonyl (C=O) groups is 2. The summed E-state index contributed by atoms with van der Waals surface area (Å²) in [5.74, 6) is -0.223. The standard InChI is InChI=1S/C26H24N4O2S/c31-25(19-13-11-18(12-14-19)16-27-26(32)24-10-5-15-33-24)28-17-22-21-8-4-9-23(21)30(29-22)20-6-2-1-3-7-20/h1-3,5-7,10-15H,4,8-9,16-17H2,(H,27,32)(H,28,31). The van der Waals surface area contributed by atoms with Gasteiger partial charge in [0.1, 0.15) is 0 Å². The van der Waals surface area contributed by atoms with Crippen LogP contribution in [0.5, 0.6) is 0 Å². The highest BCUT2D eigenvalue weighted by atomic mass is 32.1. The van der Waals surface area contributed by atoms with E-state index >= 15 is 0 Å². The van der Waals surface area contributed by atoms with Gasteiger partial charge in [-0.25, -0.2) is 4.68 Å². The van der Waals surface area contributed by atoms with Gasteiger partial charge in [0, 0.05) is 17.8 Å². The van der Waals surface area contributed by atoms with Crippen molar-refractivity contribution in [3.63, 3.8) is 0 Å². The molecule has 0 saturated carbocycles. The Bertz CT molecular complexity index is 1260. The highest BCUT2D eigenvalue weighted by Gasteiger charge is 2.23. The maximum atomic E-state index is 12.7. The Kier molecular flexibility index (Phi) is 6.04. The van der Waals surface area contributed by atoms with Crippen LogP contribution < -0.4 is 10.6 Å². The Labute approximate surface area is 196 Å². The molecule has 166 valence electrons. The van der Waals surface area contributed by atoms with Gasteiger partial charge in [0.25, 0.3) is 11.8 Å². The molecule has 0 aliphatic heterocycles. The summed E-state index contributed by atoms with van der Waals surface area (Å²) in [7, 11) is 0. The van der Waals surface area contributed by atoms with Crippen LogP contribution in [0.15, 0.2) is 72.1 Å². The molecule has 1 aliphatic carbocycles. The number of thiophene rings is 1. The van der Waals surface area contributed by atoms with E-state index < -0.39 is 0 Å². The minimum absolute atomic E-state index is 0.0886. The third-order valence-corrected chi connectivity index (χ3v) is 6.71. The molecule has 0 bridgehead atoms. The van der Waals surface area contributed by atoms with E-state index in [1.54, 1.807) is 18.2 Å². The smallest absolute Gasteiger partial charge is 0.261 e. The summed E-state index contributed by atoms with van der Waals surface area (Å²) in [5, 5.41) is 12.6. The number of carbonyl (C=O) groups excluding carboxylic acids is 2. The molecule has 0 radical (unpaired) electrons. The number of nitrogens with zero attached hydrogens (tertiary/aromatic N) is 2. The number of benzene rings is 2. The van der Waals surface area contributed by atoms with Crippen LogP contribution >= 0.6 is 11.3 Å². The first-order valence-electron chi connectivity index (χ1n) is 11.0. The molecule has 2 N–H and O–H groups in total. The lowest BCUT2D eigenvalue weighted by molar-refractivity contribution is 0.0943. The second kappa shape index (κ2) is 9.42. The molecular formula is C26H24N4O2S. The van der Waals surface area contributed by atoms with Gasteiger partial charge in [0.2, 0.25) is 0 Å². The van der Waals surface area contributed by atoms with Gasteiger partial charge in [-0.3, -0.25) is 9.59 Å². The van der Waals surface area contributed by atoms with E-state index in [-0.39, 0.29) is 11.8 Å². The zero-order chi connectivity index (χ0) is 22.6. The molecular weight excluding hydrogens is 432 g/mol. The molecule has 2 amide bonds. The maximum absolute atomic E-state index is 12.7. The number of nitrogens with one attached hydrogen (secondary N) is 2. The van der Waals surface area contributed by atoms with E-state index in [4.69, 9.17) is 5.10 Å². The van der Waals surface area contributed by atoms with Crippen molar-refractivity contribution >= 4 is 23.2 Å². The molecule has 0 saturated heterocycles. The molecule has 0 spiro atoms. The summed E-state index contributed by atoms with van der Waals surface area (Å²) in [4.78, 5) is 25.5. The highest BCUT2D eigenvalue weighted by Crippen LogP contribution is 2.27. The zero-order valence-corrected chi connectivity index (χ0v) is 18.9. The molecule has 2 heterocycles. The van der Waals surface area contributed by atoms with Gasteiger partial charge >= 0.3 is 0 Å². The van der Waals surface area contributed by atoms with Gasteiger partial charge in [0.15, 0.2) is 0 Å². The second-order valence-electron chi connectivity index (χ2n) is 8.01. The number of hydrogen-bond donors (Lipinski definition) is 2. The first-order valence-corrected chi connectivity index (χ1v) is 11.9. The van der Waals surface area contributed by atoms with Crippen molar-refractivity contribution < 1.29 is 9.59 Å². The fourth-order valence-electron chi connectivity index (χ4n) is 4.16. The summed E-state index contributed by atoms with van der Waals surface area (Å²) < 4.78 is 2.02. The lowest BCUT2D eigenvalue weighted by Crippen LogP contribution is -2.24. The van der Waals surface area contributed by atoms with Gasteiger partial charge in [-0.15, -0.1) is 11.3 Å². The number of para-hydroxylation sites is 1. The van der Waals surface area contributed by atoms with Crippen molar-refractivity contribution in [2.24, 2.45) is 0 Å². The van der Waals surface area contributed by atoms with Crippen LogP contribution in [0.1, 0.15) is 49.0 Å². The van der Waals surface area contributed by atoms with Crippen LogP contribution in [0.25, 0.3) is 5.69 Å². The molecule has 5 rings (SSSR count). The molecule has 0 atom stereocenters. The van der Waals surface area contributed by atoms with Gasteiger partial charge in [-0.05, 0) is 66.1 Å². The molecule has 0 unspecified atom stereocenters. The summed E-state index contributed by atoms with van der Waals surface area (Å²) in [5.41, 5.74) is 6.02. The second-order valence-corrected chi connectivity index (χ2v) is 8.96. The van der Waals surface area contributed by atoms with E-state index in [9.17, 15) is 9.59 Å². The van der Waals surface area contributed by atoms with E-state index in [0.29, 0.717) is 23.5 Å². The Hall–Kier alpha value is -3.71. The van der Waals surface area contributed by atoms with E-state index in [2.05, 4.69) is 22.8 Å². The SMILES string of the molecule is O=C(NCc1nn(-c2ccccc2)c2c1CCC2)c1ccc(CNC(=O)c2cccs2)cc1. The molecule has 7 heteroatoms. The molecule has 1 aliphatic rings. The largest absolute Gasteiger partial charge is 0.347 e. The quantitative estimate of drug-likeness (QED) is 0.436. The normalized spacial score (nSPS) is 12.4. The Morgan fingerprint density at radius 2 is 1.67 bits per heavy atom. The van der Waals surface area contributed by atoms with Gasteiger partial charge in [-0.2, -0.15) is 5.10 Å². The lowest BCUT2D eigenvalue weighted by atomic mass is 10.1. The molecule has 2 aromatic heterocycles. The van der Waals surface area contributed by atoms with Crippen molar-refractivity contribution in [3.05, 3.63) is 105 Å². The topological polar surface area (TPSA) is 76.0 Å². The molecule has 6 nitrogen and oxygen atoms in total. The fourth-order valence-corrected chi connectivity index (χ4v) is 4.80. The first kappa shape index (κ1) is 21.2. The van der Waals surface area contributed by atoms with E-state index in [0.717, 1.165) is 36.2 Å². The van der Waals surface area contributed by atoms with Gasteiger partial charge in [-0.1, -0.05) is 36.4 Å². The number of hydrogen-bond acceptors (Lipinski definition) is 4. The Morgan fingerprint density at radius 1 is 0.879 bits per heavy atom. The summed E-state index contributed by atoms with van der Waals surface area (Å²) >= 11 is 1.41. The lowest BCUT2D eigenvalue weighted by Gasteiger charge is -2.07. The highest BCUT2D eigenvalue weighted by molar-refractivity contribution is 7.12. The van der Waals surface area contributed by atoms with Crippen molar-refractivity contribution in [1.29, 1.82) is 0 Å². The van der Waals surface area contributed by atoms with E-state index in [1.165, 1.54) is 22.6 Å². The van der Waals surface area contributed by atoms with Crippen LogP contribution in [0.2, 0.25) is 0 Å². The Balaban J connectivity index is 1.21. The van der Waals surface area contributed by atoms with Gasteiger partial charge in [0.05, 0.1) is 22.8 Å². The predicted octanol–water partition coefficient (Wildman–Crippen LogP) is 4.28. The van der Waals surface area contributed by atoms with Crippen molar-refractivity contribution in [1.82, 2.24) is 20.4 Å². The fraction of sp³-hybridized carbons (Fsp3) is 0.192. The minimum atomic E-state index is -0.134. The summed E-state index contributed by atoms with van der Waals surface area (Å²) in [6.07, 6.45) is 3.13. The van der Waals surface area contributed by atoms with Crippen molar-refractivity contribution in [2.75, 3.05) is 0 Å². The molecule has 4 aromatic rings. The van der Waals surface area contributed by atoms with Gasteiger partial charge < -0.3 is 10.6 Å². The third kappa shape index (κ3) is 4.59. The number of rotatable bonds is 7. The maximum Gasteiger partial charge on any atom is 0.261 e. The first-order chi connectivity index (χ1) is 16.2. The van der Waals surface area contributed by atoms with Crippen molar-refractivity contribution in [2.45, 2.75) is 32.4 Å². The number of fused-ring (bicyclic) bond motifs is 1. The average Bonchev–Trinajstić information content (AvgIpc) is 3.61. The van der Waals surface area contributed by atoms with Crippen molar-refractivity contribution in [3.8, 4) is 5.69 Å². The van der Waals surface area contributed by atoms with Crippen LogP contribution in [-0.4, -0.2) is 21.6 Å². The summed E-state index contributed by atoms with van der Waals surface area (Å²) in [6.45, 7) is 0.821. The monoisotopic (exact) mass is 456 g/mol. The molecule has 0 fully saturated rings. The van der Waals surface area contributed by atoms with Crippen LogP contribution in [-0.2, 0) is 25.9 Å². The Morgan fingerprint density at radius 3 is 2.42 bits per heavy atom.